The van der Waals surface area contributed by atoms with E-state index in [0.717, 1.165) is 0 Å². The highest BCUT2D eigenvalue weighted by Crippen LogP contribution is 2.22. The number of nitrogens with zero attached hydrogens (tertiary/aromatic N) is 1. The molecule has 0 amide bonds. The molecule has 15 heavy (non-hydrogen) atoms. The van der Waals surface area contributed by atoms with Gasteiger partial charge in [-0.15, -0.1) is 0 Å². The van der Waals surface area contributed by atoms with Crippen LogP contribution in [0.15, 0.2) is 0 Å². The van der Waals surface area contributed by atoms with Crippen LogP contribution in [-0.4, -0.2) is 56.3 Å². The summed E-state index contributed by atoms with van der Waals surface area (Å²) in [5, 5.41) is 9.01. The number of aliphatic hydroxyl groups excluding tert-OH is 1. The first-order valence-corrected chi connectivity index (χ1v) is 6.22. The van der Waals surface area contributed by atoms with Crippen LogP contribution in [0.1, 0.15) is 13.8 Å². The highest BCUT2D eigenvalue weighted by Gasteiger charge is 2.37. The molecule has 1 aliphatic heterocycles. The lowest BCUT2D eigenvalue weighted by Gasteiger charge is -2.41. The van der Waals surface area contributed by atoms with E-state index < -0.39 is 21.9 Å². The molecule has 1 saturated heterocycles. The highest BCUT2D eigenvalue weighted by molar-refractivity contribution is 7.87. The SMILES string of the molecule is CNS(=O)(=O)N1CC(CO)OC(C)(C)C1. The quantitative estimate of drug-likeness (QED) is 0.655. The van der Waals surface area contributed by atoms with Gasteiger partial charge in [-0.3, -0.25) is 0 Å². The summed E-state index contributed by atoms with van der Waals surface area (Å²) in [6, 6.07) is 0. The predicted octanol–water partition coefficient (Wildman–Crippen LogP) is -1.08. The standard InChI is InChI=1S/C8H18N2O4S/c1-8(2)6-10(15(12,13)9-3)4-7(5-11)14-8/h7,9,11H,4-6H2,1-3H3. The third kappa shape index (κ3) is 3.12. The molecule has 1 rings (SSSR count). The molecule has 90 valence electrons. The molecule has 2 N–H and O–H groups in total. The Morgan fingerprint density at radius 2 is 2.20 bits per heavy atom. The van der Waals surface area contributed by atoms with Crippen molar-refractivity contribution in [1.29, 1.82) is 0 Å². The number of morpholine rings is 1. The summed E-state index contributed by atoms with van der Waals surface area (Å²) >= 11 is 0. The molecule has 0 radical (unpaired) electrons. The second-order valence-electron chi connectivity index (χ2n) is 4.18. The van der Waals surface area contributed by atoms with Crippen LogP contribution < -0.4 is 4.72 Å². The second-order valence-corrected chi connectivity index (χ2v) is 6.06. The highest BCUT2D eigenvalue weighted by atomic mass is 32.2. The Bertz CT molecular complexity index is 315. The molecule has 6 nitrogen and oxygen atoms in total. The van der Waals surface area contributed by atoms with E-state index in [4.69, 9.17) is 9.84 Å². The number of ether oxygens (including phenoxy) is 1. The third-order valence-electron chi connectivity index (χ3n) is 2.25. The molecular weight excluding hydrogens is 220 g/mol. The maximum absolute atomic E-state index is 11.6. The van der Waals surface area contributed by atoms with Crippen LogP contribution in [0.5, 0.6) is 0 Å². The van der Waals surface area contributed by atoms with Gasteiger partial charge in [0.2, 0.25) is 0 Å². The first-order chi connectivity index (χ1) is 6.80. The summed E-state index contributed by atoms with van der Waals surface area (Å²) in [4.78, 5) is 0. The lowest BCUT2D eigenvalue weighted by atomic mass is 10.1. The molecule has 0 aliphatic carbocycles. The molecule has 0 aromatic carbocycles. The van der Waals surface area contributed by atoms with Crippen LogP contribution in [0.3, 0.4) is 0 Å². The van der Waals surface area contributed by atoms with Gasteiger partial charge in [0.05, 0.1) is 18.3 Å². The van der Waals surface area contributed by atoms with Crippen LogP contribution in [0.2, 0.25) is 0 Å². The Kier molecular flexibility index (Phi) is 3.72. The monoisotopic (exact) mass is 238 g/mol. The summed E-state index contributed by atoms with van der Waals surface area (Å²) < 4.78 is 32.2. The molecule has 1 aliphatic rings. The van der Waals surface area contributed by atoms with Crippen molar-refractivity contribution in [3.63, 3.8) is 0 Å². The zero-order valence-corrected chi connectivity index (χ0v) is 10.0. The maximum Gasteiger partial charge on any atom is 0.279 e. The number of hydrogen-bond acceptors (Lipinski definition) is 4. The third-order valence-corrected chi connectivity index (χ3v) is 3.73. The summed E-state index contributed by atoms with van der Waals surface area (Å²) in [6.45, 7) is 3.88. The van der Waals surface area contributed by atoms with E-state index in [9.17, 15) is 8.42 Å². The van der Waals surface area contributed by atoms with Crippen molar-refractivity contribution in [3.05, 3.63) is 0 Å². The number of nitrogens with one attached hydrogen (secondary N) is 1. The Morgan fingerprint density at radius 3 is 2.67 bits per heavy atom. The van der Waals surface area contributed by atoms with Gasteiger partial charge in [0.25, 0.3) is 10.2 Å². The van der Waals surface area contributed by atoms with Gasteiger partial charge in [0.1, 0.15) is 0 Å². The number of hydrogen-bond donors (Lipinski definition) is 2. The normalized spacial score (nSPS) is 27.9. The van der Waals surface area contributed by atoms with E-state index in [1.165, 1.54) is 11.4 Å². The molecular formula is C8H18N2O4S. The summed E-state index contributed by atoms with van der Waals surface area (Å²) in [6.07, 6.45) is -0.461. The first kappa shape index (κ1) is 12.9. The van der Waals surface area contributed by atoms with Gasteiger partial charge in [-0.1, -0.05) is 0 Å². The van der Waals surface area contributed by atoms with Crippen molar-refractivity contribution in [1.82, 2.24) is 9.03 Å². The van der Waals surface area contributed by atoms with E-state index in [1.54, 1.807) is 13.8 Å². The average molecular weight is 238 g/mol. The minimum absolute atomic E-state index is 0.181. The fourth-order valence-electron chi connectivity index (χ4n) is 1.65. The van der Waals surface area contributed by atoms with E-state index in [-0.39, 0.29) is 19.7 Å². The smallest absolute Gasteiger partial charge is 0.279 e. The van der Waals surface area contributed by atoms with Crippen molar-refractivity contribution < 1.29 is 18.3 Å². The molecule has 1 heterocycles. The van der Waals surface area contributed by atoms with Crippen LogP contribution in [0, 0.1) is 0 Å². The lowest BCUT2D eigenvalue weighted by molar-refractivity contribution is -0.131. The van der Waals surface area contributed by atoms with E-state index >= 15 is 0 Å². The molecule has 0 saturated carbocycles. The molecule has 1 unspecified atom stereocenters. The van der Waals surface area contributed by atoms with Crippen LogP contribution in [0.4, 0.5) is 0 Å². The molecule has 7 heteroatoms. The van der Waals surface area contributed by atoms with E-state index in [2.05, 4.69) is 4.72 Å². The first-order valence-electron chi connectivity index (χ1n) is 4.78. The Morgan fingerprint density at radius 1 is 1.60 bits per heavy atom. The van der Waals surface area contributed by atoms with Gasteiger partial charge in [0.15, 0.2) is 0 Å². The van der Waals surface area contributed by atoms with Crippen molar-refractivity contribution in [2.45, 2.75) is 25.6 Å². The topological polar surface area (TPSA) is 78.9 Å². The Balaban J connectivity index is 2.84. The minimum Gasteiger partial charge on any atom is -0.394 e. The molecule has 0 aromatic rings. The Hall–Kier alpha value is -0.210. The largest absolute Gasteiger partial charge is 0.394 e. The molecule has 1 fully saturated rings. The molecule has 0 aromatic heterocycles. The van der Waals surface area contributed by atoms with Gasteiger partial charge < -0.3 is 9.84 Å². The maximum atomic E-state index is 11.6. The van der Waals surface area contributed by atoms with E-state index in [0.29, 0.717) is 0 Å². The van der Waals surface area contributed by atoms with Crippen molar-refractivity contribution >= 4 is 10.2 Å². The summed E-state index contributed by atoms with van der Waals surface area (Å²) in [7, 11) is -2.08. The van der Waals surface area contributed by atoms with Gasteiger partial charge in [-0.25, -0.2) is 4.72 Å². The molecule has 1 atom stereocenters. The fourth-order valence-corrected chi connectivity index (χ4v) is 2.75. The van der Waals surface area contributed by atoms with Crippen LogP contribution in [-0.2, 0) is 14.9 Å². The van der Waals surface area contributed by atoms with Crippen molar-refractivity contribution in [2.75, 3.05) is 26.7 Å². The number of rotatable bonds is 3. The lowest BCUT2D eigenvalue weighted by Crippen LogP contribution is -2.57. The van der Waals surface area contributed by atoms with Gasteiger partial charge in [-0.05, 0) is 13.8 Å². The molecule has 0 spiro atoms. The minimum atomic E-state index is -3.44. The zero-order valence-electron chi connectivity index (χ0n) is 9.23. The van der Waals surface area contributed by atoms with Gasteiger partial charge >= 0.3 is 0 Å². The zero-order chi connectivity index (χ0) is 11.7. The van der Waals surface area contributed by atoms with Gasteiger partial charge in [0, 0.05) is 20.1 Å². The predicted molar refractivity (Wildman–Crippen MR) is 55.6 cm³/mol. The molecule has 0 bridgehead atoms. The second kappa shape index (κ2) is 4.34. The Labute approximate surface area is 90.4 Å². The van der Waals surface area contributed by atoms with Crippen LogP contribution >= 0.6 is 0 Å². The number of aliphatic hydroxyl groups is 1. The van der Waals surface area contributed by atoms with Crippen molar-refractivity contribution in [2.24, 2.45) is 0 Å². The summed E-state index contributed by atoms with van der Waals surface area (Å²) in [5.74, 6) is 0. The van der Waals surface area contributed by atoms with Crippen LogP contribution in [0.25, 0.3) is 0 Å². The summed E-state index contributed by atoms with van der Waals surface area (Å²) in [5.41, 5.74) is -0.574. The average Bonchev–Trinajstić information content (AvgIpc) is 2.15. The fraction of sp³-hybridized carbons (Fsp3) is 1.00. The van der Waals surface area contributed by atoms with E-state index in [1.807, 2.05) is 0 Å². The van der Waals surface area contributed by atoms with Crippen molar-refractivity contribution in [3.8, 4) is 0 Å². The van der Waals surface area contributed by atoms with Gasteiger partial charge in [-0.2, -0.15) is 12.7 Å².